The number of hydrogen-bond donors (Lipinski definition) is 1. The summed E-state index contributed by atoms with van der Waals surface area (Å²) in [7, 11) is 1.65. The van der Waals surface area contributed by atoms with Gasteiger partial charge in [0, 0.05) is 22.9 Å². The van der Waals surface area contributed by atoms with E-state index in [1.165, 1.54) is 0 Å². The maximum Gasteiger partial charge on any atom is 0.365 e. The van der Waals surface area contributed by atoms with Crippen LogP contribution < -0.4 is 14.1 Å². The van der Waals surface area contributed by atoms with E-state index in [2.05, 4.69) is 5.09 Å². The Morgan fingerprint density at radius 1 is 0.864 bits per heavy atom. The Morgan fingerprint density at radius 3 is 1.50 bits per heavy atom. The summed E-state index contributed by atoms with van der Waals surface area (Å²) >= 11 is 5.41. The van der Waals surface area contributed by atoms with Crippen molar-refractivity contribution in [1.29, 1.82) is 0 Å². The summed E-state index contributed by atoms with van der Waals surface area (Å²) in [6, 6.07) is 13.2. The fraction of sp³-hybridized carbons (Fsp3) is 0.0667. The Hall–Kier alpha value is -2.01. The van der Waals surface area contributed by atoms with Gasteiger partial charge in [-0.25, -0.2) is 5.09 Å². The van der Waals surface area contributed by atoms with Crippen LogP contribution >= 0.6 is 6.64 Å². The van der Waals surface area contributed by atoms with Crippen LogP contribution in [0.5, 0.6) is 11.5 Å². The molecule has 2 aromatic rings. The van der Waals surface area contributed by atoms with E-state index in [9.17, 15) is 9.59 Å². The fourth-order valence-corrected chi connectivity index (χ4v) is 3.14. The SMILES string of the molecule is CNP(=S)(Oc1ccc(C=O)cc1)Oc1ccc(C=O)cc1. The number of hydrogen-bond acceptors (Lipinski definition) is 5. The van der Waals surface area contributed by atoms with Crippen LogP contribution in [0.4, 0.5) is 0 Å². The number of rotatable bonds is 7. The van der Waals surface area contributed by atoms with E-state index < -0.39 is 6.64 Å². The zero-order valence-electron chi connectivity index (χ0n) is 11.8. The summed E-state index contributed by atoms with van der Waals surface area (Å²) in [5.41, 5.74) is 1.10. The van der Waals surface area contributed by atoms with Gasteiger partial charge in [-0.2, -0.15) is 0 Å². The molecule has 2 aromatic carbocycles. The highest BCUT2D eigenvalue weighted by Gasteiger charge is 2.20. The van der Waals surface area contributed by atoms with Gasteiger partial charge in [0.2, 0.25) is 0 Å². The average Bonchev–Trinajstić information content (AvgIpc) is 2.56. The molecule has 0 unspecified atom stereocenters. The van der Waals surface area contributed by atoms with Gasteiger partial charge in [-0.05, 0) is 55.6 Å². The van der Waals surface area contributed by atoms with Gasteiger partial charge in [-0.1, -0.05) is 0 Å². The number of carbonyl (C=O) groups is 2. The lowest BCUT2D eigenvalue weighted by Crippen LogP contribution is -2.13. The lowest BCUT2D eigenvalue weighted by atomic mass is 10.2. The summed E-state index contributed by atoms with van der Waals surface area (Å²) < 4.78 is 11.4. The topological polar surface area (TPSA) is 64.6 Å². The first kappa shape index (κ1) is 16.4. The number of aldehydes is 2. The minimum absolute atomic E-state index is 0.507. The van der Waals surface area contributed by atoms with E-state index >= 15 is 0 Å². The van der Waals surface area contributed by atoms with Crippen LogP contribution in [0.3, 0.4) is 0 Å². The van der Waals surface area contributed by atoms with Crippen molar-refractivity contribution in [3.05, 3.63) is 59.7 Å². The van der Waals surface area contributed by atoms with Crippen LogP contribution in [-0.4, -0.2) is 19.6 Å². The van der Waals surface area contributed by atoms with Crippen LogP contribution in [0.15, 0.2) is 48.5 Å². The molecule has 114 valence electrons. The predicted octanol–water partition coefficient (Wildman–Crippen LogP) is 3.21. The zero-order chi connectivity index (χ0) is 16.0. The Balaban J connectivity index is 2.14. The van der Waals surface area contributed by atoms with Gasteiger partial charge in [-0.15, -0.1) is 0 Å². The summed E-state index contributed by atoms with van der Waals surface area (Å²) in [5.74, 6) is 1.01. The predicted molar refractivity (Wildman–Crippen MR) is 88.3 cm³/mol. The summed E-state index contributed by atoms with van der Waals surface area (Å²) in [4.78, 5) is 21.3. The van der Waals surface area contributed by atoms with E-state index in [0.29, 0.717) is 22.6 Å². The van der Waals surface area contributed by atoms with E-state index in [-0.39, 0.29) is 0 Å². The average molecular weight is 335 g/mol. The van der Waals surface area contributed by atoms with Gasteiger partial charge in [-0.3, -0.25) is 9.59 Å². The molecule has 0 heterocycles. The van der Waals surface area contributed by atoms with Crippen LogP contribution in [0.2, 0.25) is 0 Å². The molecule has 5 nitrogen and oxygen atoms in total. The minimum Gasteiger partial charge on any atom is -0.425 e. The second-order valence-electron chi connectivity index (χ2n) is 4.28. The van der Waals surface area contributed by atoms with Crippen LogP contribution in [-0.2, 0) is 11.8 Å². The maximum absolute atomic E-state index is 10.6. The molecule has 0 saturated heterocycles. The molecule has 0 amide bonds. The number of nitrogens with one attached hydrogen (secondary N) is 1. The molecule has 0 fully saturated rings. The molecule has 0 atom stereocenters. The van der Waals surface area contributed by atoms with Crippen molar-refractivity contribution in [3.8, 4) is 11.5 Å². The summed E-state index contributed by atoms with van der Waals surface area (Å²) in [6.45, 7) is -2.78. The summed E-state index contributed by atoms with van der Waals surface area (Å²) in [5, 5.41) is 2.88. The second kappa shape index (κ2) is 7.31. The minimum atomic E-state index is -2.78. The Labute approximate surface area is 133 Å². The molecular formula is C15H14NO4PS. The molecular weight excluding hydrogens is 321 g/mol. The van der Waals surface area contributed by atoms with Crippen molar-refractivity contribution in [3.63, 3.8) is 0 Å². The van der Waals surface area contributed by atoms with Gasteiger partial charge in [0.05, 0.1) is 0 Å². The normalized spacial score (nSPS) is 10.8. The van der Waals surface area contributed by atoms with Gasteiger partial charge in [0.15, 0.2) is 0 Å². The quantitative estimate of drug-likeness (QED) is 0.619. The summed E-state index contributed by atoms with van der Waals surface area (Å²) in [6.07, 6.45) is 1.51. The van der Waals surface area contributed by atoms with Crippen molar-refractivity contribution in [2.45, 2.75) is 0 Å². The van der Waals surface area contributed by atoms with Gasteiger partial charge < -0.3 is 9.05 Å². The molecule has 0 aliphatic carbocycles. The molecule has 0 aromatic heterocycles. The molecule has 0 aliphatic heterocycles. The van der Waals surface area contributed by atoms with E-state index in [1.807, 2.05) is 0 Å². The van der Waals surface area contributed by atoms with Crippen molar-refractivity contribution in [2.75, 3.05) is 7.05 Å². The Kier molecular flexibility index (Phi) is 5.44. The largest absolute Gasteiger partial charge is 0.425 e. The molecule has 7 heteroatoms. The highest BCUT2D eigenvalue weighted by molar-refractivity contribution is 8.09. The first-order valence-corrected chi connectivity index (χ1v) is 9.01. The zero-order valence-corrected chi connectivity index (χ0v) is 13.5. The lowest BCUT2D eigenvalue weighted by molar-refractivity contribution is 0.111. The van der Waals surface area contributed by atoms with Crippen molar-refractivity contribution < 1.29 is 18.6 Å². The molecule has 22 heavy (non-hydrogen) atoms. The standard InChI is InChI=1S/C15H14NO4PS/c1-16-21(22,19-14-6-2-12(10-17)3-7-14)20-15-8-4-13(11-18)5-9-15/h2-11H,1H3,(H,16,22). The molecule has 0 radical (unpaired) electrons. The maximum atomic E-state index is 10.6. The van der Waals surface area contributed by atoms with Crippen LogP contribution in [0, 0.1) is 0 Å². The van der Waals surface area contributed by atoms with Crippen molar-refractivity contribution in [1.82, 2.24) is 5.09 Å². The third kappa shape index (κ3) is 4.24. The van der Waals surface area contributed by atoms with Gasteiger partial charge in [0.1, 0.15) is 24.1 Å². The third-order valence-electron chi connectivity index (χ3n) is 2.76. The molecule has 1 N–H and O–H groups in total. The Bertz CT molecular complexity index is 643. The number of benzene rings is 2. The highest BCUT2D eigenvalue weighted by atomic mass is 32.5. The monoisotopic (exact) mass is 335 g/mol. The molecule has 2 rings (SSSR count). The third-order valence-corrected chi connectivity index (χ3v) is 5.20. The smallest absolute Gasteiger partial charge is 0.365 e. The van der Waals surface area contributed by atoms with E-state index in [4.69, 9.17) is 20.9 Å². The number of carbonyl (C=O) groups excluding carboxylic acids is 2. The van der Waals surface area contributed by atoms with Gasteiger partial charge >= 0.3 is 6.64 Å². The van der Waals surface area contributed by atoms with Crippen LogP contribution in [0.1, 0.15) is 20.7 Å². The molecule has 0 saturated carbocycles. The van der Waals surface area contributed by atoms with E-state index in [1.54, 1.807) is 55.6 Å². The lowest BCUT2D eigenvalue weighted by Gasteiger charge is -2.22. The second-order valence-corrected chi connectivity index (χ2v) is 7.53. The molecule has 0 spiro atoms. The molecule has 0 bridgehead atoms. The van der Waals surface area contributed by atoms with Gasteiger partial charge in [0.25, 0.3) is 0 Å². The first-order valence-electron chi connectivity index (χ1n) is 6.37. The Morgan fingerprint density at radius 2 is 1.23 bits per heavy atom. The fourth-order valence-electron chi connectivity index (χ4n) is 1.60. The van der Waals surface area contributed by atoms with E-state index in [0.717, 1.165) is 12.6 Å². The highest BCUT2D eigenvalue weighted by Crippen LogP contribution is 2.44. The van der Waals surface area contributed by atoms with Crippen molar-refractivity contribution in [2.24, 2.45) is 0 Å². The first-order chi connectivity index (χ1) is 10.6. The van der Waals surface area contributed by atoms with Crippen molar-refractivity contribution >= 4 is 31.0 Å². The molecule has 0 aliphatic rings. The van der Waals surface area contributed by atoms with Crippen LogP contribution in [0.25, 0.3) is 0 Å².